The molecule has 0 fully saturated rings. The third-order valence-corrected chi connectivity index (χ3v) is 3.64. The minimum atomic E-state index is -1.71. The molecule has 0 aliphatic carbocycles. The third kappa shape index (κ3) is 3.67. The predicted molar refractivity (Wildman–Crippen MR) is 92.5 cm³/mol. The summed E-state index contributed by atoms with van der Waals surface area (Å²) in [6, 6.07) is 5.21. The number of para-hydroxylation sites is 1. The molecule has 9 heteroatoms. The van der Waals surface area contributed by atoms with E-state index in [1.165, 1.54) is 0 Å². The van der Waals surface area contributed by atoms with Gasteiger partial charge in [0.15, 0.2) is 0 Å². The third-order valence-electron chi connectivity index (χ3n) is 2.98. The lowest BCUT2D eigenvalue weighted by Crippen LogP contribution is -2.25. The summed E-state index contributed by atoms with van der Waals surface area (Å²) in [4.78, 5) is 5.98. The minimum absolute atomic E-state index is 0.0121. The number of nitrogens with one attached hydrogen (secondary N) is 1. The zero-order valence-corrected chi connectivity index (χ0v) is 14.2. The molecule has 0 saturated heterocycles. The van der Waals surface area contributed by atoms with Crippen LogP contribution in [0.15, 0.2) is 32.0 Å². The molecule has 2 N–H and O–H groups in total. The summed E-state index contributed by atoms with van der Waals surface area (Å²) in [7, 11) is 5.33. The molecule has 1 aliphatic rings. The van der Waals surface area contributed by atoms with Crippen molar-refractivity contribution in [2.75, 3.05) is 33.1 Å². The van der Waals surface area contributed by atoms with Crippen LogP contribution in [0.5, 0.6) is 5.75 Å². The highest BCUT2D eigenvalue weighted by atomic mass is 32.2. The van der Waals surface area contributed by atoms with Crippen molar-refractivity contribution in [3.05, 3.63) is 23.8 Å². The molecule has 8 nitrogen and oxygen atoms in total. The van der Waals surface area contributed by atoms with Gasteiger partial charge in [0.1, 0.15) is 11.6 Å². The summed E-state index contributed by atoms with van der Waals surface area (Å²) in [6.07, 6.45) is 0. The summed E-state index contributed by atoms with van der Waals surface area (Å²) in [5.41, 5.74) is 0.965. The van der Waals surface area contributed by atoms with Crippen molar-refractivity contribution < 1.29 is 14.1 Å². The van der Waals surface area contributed by atoms with Gasteiger partial charge in [-0.15, -0.1) is 8.80 Å². The van der Waals surface area contributed by atoms with Crippen LogP contribution in [0.4, 0.5) is 5.69 Å². The van der Waals surface area contributed by atoms with E-state index in [-0.39, 0.29) is 17.5 Å². The Hall–Kier alpha value is -2.42. The van der Waals surface area contributed by atoms with E-state index >= 15 is 0 Å². The molecule has 0 saturated carbocycles. The Morgan fingerprint density at radius 1 is 1.43 bits per heavy atom. The summed E-state index contributed by atoms with van der Waals surface area (Å²) < 4.78 is 24.4. The molecular weight excluding hydrogens is 318 g/mol. The maximum atomic E-state index is 11.5. The number of aromatic hydroxyl groups is 1. The molecule has 23 heavy (non-hydrogen) atoms. The molecule has 0 radical (unpaired) electrons. The lowest BCUT2D eigenvalue weighted by atomic mass is 10.1. The van der Waals surface area contributed by atoms with Gasteiger partial charge in [-0.3, -0.25) is 4.99 Å². The van der Waals surface area contributed by atoms with Crippen LogP contribution < -0.4 is 5.32 Å². The molecule has 1 heterocycles. The van der Waals surface area contributed by atoms with Crippen molar-refractivity contribution in [2.45, 2.75) is 6.92 Å². The van der Waals surface area contributed by atoms with Crippen molar-refractivity contribution in [2.24, 2.45) is 13.8 Å². The molecule has 124 valence electrons. The second-order valence-corrected chi connectivity index (χ2v) is 5.60. The number of rotatable bonds is 3. The standard InChI is InChI=1S/C14H19N5O3S/c1-5-22-14-12(17-23(21)18-14)16-10-8-6-7-9(11(10)20)13(15-2)19(3)4/h6-8,20H,5H2,1-4H3,(H,16,17). The minimum Gasteiger partial charge on any atom is -0.505 e. The fraction of sp³-hybridized carbons (Fsp3) is 0.357. The van der Waals surface area contributed by atoms with E-state index in [1.807, 2.05) is 14.1 Å². The van der Waals surface area contributed by atoms with Gasteiger partial charge < -0.3 is 20.1 Å². The van der Waals surface area contributed by atoms with E-state index in [0.717, 1.165) is 0 Å². The van der Waals surface area contributed by atoms with E-state index in [9.17, 15) is 9.32 Å². The van der Waals surface area contributed by atoms with Gasteiger partial charge in [-0.2, -0.15) is 0 Å². The fourth-order valence-corrected chi connectivity index (χ4v) is 2.67. The first-order valence-corrected chi connectivity index (χ1v) is 8.00. The van der Waals surface area contributed by atoms with Crippen LogP contribution in [-0.4, -0.2) is 59.5 Å². The molecule has 0 bridgehead atoms. The van der Waals surface area contributed by atoms with Gasteiger partial charge >= 0.3 is 0 Å². The Labute approximate surface area is 137 Å². The lowest BCUT2D eigenvalue weighted by Gasteiger charge is -2.18. The number of phenolic OH excluding ortho intramolecular Hbond substituents is 1. The molecule has 1 atom stereocenters. The second kappa shape index (κ2) is 7.23. The van der Waals surface area contributed by atoms with Gasteiger partial charge in [-0.05, 0) is 19.1 Å². The van der Waals surface area contributed by atoms with Gasteiger partial charge in [0, 0.05) is 21.1 Å². The molecule has 0 amide bonds. The summed E-state index contributed by atoms with van der Waals surface area (Å²) in [6.45, 7) is 2.16. The molecule has 1 aromatic carbocycles. The lowest BCUT2D eigenvalue weighted by molar-refractivity contribution is 0.335. The van der Waals surface area contributed by atoms with Gasteiger partial charge in [0.2, 0.25) is 5.84 Å². The highest BCUT2D eigenvalue weighted by Crippen LogP contribution is 2.29. The number of benzene rings is 1. The summed E-state index contributed by atoms with van der Waals surface area (Å²) in [5.74, 6) is 1.02. The van der Waals surface area contributed by atoms with Crippen molar-refractivity contribution in [3.8, 4) is 5.75 Å². The Kier molecular flexibility index (Phi) is 5.32. The van der Waals surface area contributed by atoms with Crippen molar-refractivity contribution >= 4 is 34.4 Å². The number of hydrogen-bond donors (Lipinski definition) is 2. The van der Waals surface area contributed by atoms with Crippen molar-refractivity contribution in [1.82, 2.24) is 4.90 Å². The molecule has 1 aromatic rings. The van der Waals surface area contributed by atoms with Crippen LogP contribution in [0.1, 0.15) is 12.5 Å². The zero-order chi connectivity index (χ0) is 17.0. The first kappa shape index (κ1) is 16.9. The first-order valence-electron chi connectivity index (χ1n) is 6.94. The quantitative estimate of drug-likeness (QED) is 0.490. The smallest absolute Gasteiger partial charge is 0.271 e. The highest BCUT2D eigenvalue weighted by Gasteiger charge is 2.22. The van der Waals surface area contributed by atoms with Gasteiger partial charge in [0.05, 0.1) is 17.9 Å². The van der Waals surface area contributed by atoms with E-state index in [2.05, 4.69) is 19.1 Å². The predicted octanol–water partition coefficient (Wildman–Crippen LogP) is 1.17. The molecular formula is C14H19N5O3S. The number of ether oxygens (including phenoxy) is 1. The Balaban J connectivity index is 2.34. The SMILES string of the molecule is CCOC1=NS(=O)N=C1Nc1cccc(C(=NC)N(C)C)c1O. The van der Waals surface area contributed by atoms with E-state index in [1.54, 1.807) is 37.1 Å². The first-order chi connectivity index (χ1) is 11.0. The average molecular weight is 337 g/mol. The van der Waals surface area contributed by atoms with E-state index < -0.39 is 11.2 Å². The Morgan fingerprint density at radius 2 is 2.17 bits per heavy atom. The number of hydrogen-bond acceptors (Lipinski definition) is 5. The number of phenols is 1. The van der Waals surface area contributed by atoms with E-state index in [4.69, 9.17) is 4.74 Å². The highest BCUT2D eigenvalue weighted by molar-refractivity contribution is 7.83. The number of anilines is 1. The maximum absolute atomic E-state index is 11.5. The molecule has 1 unspecified atom stereocenters. The van der Waals surface area contributed by atoms with Crippen LogP contribution in [0, 0.1) is 0 Å². The van der Waals surface area contributed by atoms with E-state index in [0.29, 0.717) is 23.7 Å². The Morgan fingerprint density at radius 3 is 2.78 bits per heavy atom. The molecule has 0 aromatic heterocycles. The van der Waals surface area contributed by atoms with Crippen molar-refractivity contribution in [1.29, 1.82) is 0 Å². The average Bonchev–Trinajstić information content (AvgIpc) is 2.83. The van der Waals surface area contributed by atoms with Crippen LogP contribution in [0.25, 0.3) is 0 Å². The number of amidine groups is 2. The summed E-state index contributed by atoms with van der Waals surface area (Å²) in [5, 5.41) is 13.4. The number of nitrogens with zero attached hydrogens (tertiary/aromatic N) is 4. The summed E-state index contributed by atoms with van der Waals surface area (Å²) >= 11 is -1.71. The van der Waals surface area contributed by atoms with Gasteiger partial charge in [-0.25, -0.2) is 4.21 Å². The zero-order valence-electron chi connectivity index (χ0n) is 13.4. The maximum Gasteiger partial charge on any atom is 0.271 e. The van der Waals surface area contributed by atoms with Gasteiger partial charge in [0.25, 0.3) is 17.1 Å². The van der Waals surface area contributed by atoms with Gasteiger partial charge in [-0.1, -0.05) is 6.07 Å². The van der Waals surface area contributed by atoms with Crippen LogP contribution in [-0.2, 0) is 15.9 Å². The second-order valence-electron chi connectivity index (χ2n) is 4.77. The monoisotopic (exact) mass is 337 g/mol. The fourth-order valence-electron chi connectivity index (χ4n) is 2.07. The molecule has 2 rings (SSSR count). The largest absolute Gasteiger partial charge is 0.505 e. The number of aliphatic imine (C=N–C) groups is 1. The van der Waals surface area contributed by atoms with Crippen LogP contribution in [0.3, 0.4) is 0 Å². The normalized spacial score (nSPS) is 17.6. The van der Waals surface area contributed by atoms with Crippen molar-refractivity contribution in [3.63, 3.8) is 0 Å². The molecule has 1 aliphatic heterocycles. The Bertz CT molecular complexity index is 712. The topological polar surface area (TPSA) is 98.9 Å². The van der Waals surface area contributed by atoms with Crippen LogP contribution >= 0.6 is 0 Å². The van der Waals surface area contributed by atoms with Crippen LogP contribution in [0.2, 0.25) is 0 Å². The molecule has 0 spiro atoms.